The zero-order valence-electron chi connectivity index (χ0n) is 16.3. The van der Waals surface area contributed by atoms with Crippen molar-refractivity contribution >= 4 is 27.5 Å². The van der Waals surface area contributed by atoms with E-state index in [2.05, 4.69) is 10.6 Å². The second-order valence-electron chi connectivity index (χ2n) is 6.80. The number of hydrogen-bond acceptors (Lipinski definition) is 5. The fraction of sp³-hybridized carbons (Fsp3) is 0.300. The number of benzene rings is 2. The van der Waals surface area contributed by atoms with Crippen molar-refractivity contribution in [2.24, 2.45) is 0 Å². The fourth-order valence-electron chi connectivity index (χ4n) is 3.00. The first-order valence-electron chi connectivity index (χ1n) is 9.11. The summed E-state index contributed by atoms with van der Waals surface area (Å²) in [6.07, 6.45) is 0.663. The number of carbonyl (C=O) groups is 2. The van der Waals surface area contributed by atoms with Crippen LogP contribution in [0.5, 0.6) is 5.75 Å². The molecule has 0 unspecified atom stereocenters. The van der Waals surface area contributed by atoms with Gasteiger partial charge in [0.2, 0.25) is 15.9 Å². The van der Waals surface area contributed by atoms with Crippen LogP contribution in [0.15, 0.2) is 47.4 Å². The van der Waals surface area contributed by atoms with Gasteiger partial charge in [-0.05, 0) is 30.5 Å². The van der Waals surface area contributed by atoms with Gasteiger partial charge >= 0.3 is 0 Å². The SMILES string of the molecule is Cc1cc2c(cc1S(=O)(=O)N(C)CC(=O)NCCc1ccccc1)OCC(=O)N2. The predicted octanol–water partition coefficient (Wildman–Crippen LogP) is 1.31. The normalized spacial score (nSPS) is 13.4. The van der Waals surface area contributed by atoms with Gasteiger partial charge in [-0.25, -0.2) is 8.42 Å². The molecule has 0 atom stereocenters. The molecule has 1 aliphatic heterocycles. The van der Waals surface area contributed by atoms with Crippen molar-refractivity contribution in [3.05, 3.63) is 53.6 Å². The van der Waals surface area contributed by atoms with Crippen molar-refractivity contribution in [1.82, 2.24) is 9.62 Å². The maximum Gasteiger partial charge on any atom is 0.262 e. The molecule has 29 heavy (non-hydrogen) atoms. The summed E-state index contributed by atoms with van der Waals surface area (Å²) in [6, 6.07) is 12.6. The molecule has 0 saturated heterocycles. The summed E-state index contributed by atoms with van der Waals surface area (Å²) in [6.45, 7) is 1.57. The van der Waals surface area contributed by atoms with Crippen LogP contribution >= 0.6 is 0 Å². The molecule has 0 fully saturated rings. The summed E-state index contributed by atoms with van der Waals surface area (Å²) in [4.78, 5) is 23.6. The Kier molecular flexibility index (Phi) is 6.19. The van der Waals surface area contributed by atoms with Crippen LogP contribution in [0.4, 0.5) is 5.69 Å². The average Bonchev–Trinajstić information content (AvgIpc) is 2.68. The molecule has 154 valence electrons. The maximum absolute atomic E-state index is 12.9. The highest BCUT2D eigenvalue weighted by atomic mass is 32.2. The number of rotatable bonds is 7. The van der Waals surface area contributed by atoms with Gasteiger partial charge in [-0.1, -0.05) is 30.3 Å². The van der Waals surface area contributed by atoms with Crippen molar-refractivity contribution < 1.29 is 22.7 Å². The number of fused-ring (bicyclic) bond motifs is 1. The van der Waals surface area contributed by atoms with E-state index >= 15 is 0 Å². The van der Waals surface area contributed by atoms with Gasteiger partial charge in [0.1, 0.15) is 5.75 Å². The Labute approximate surface area is 169 Å². The third kappa shape index (κ3) is 4.93. The number of nitrogens with one attached hydrogen (secondary N) is 2. The average molecular weight is 417 g/mol. The quantitative estimate of drug-likeness (QED) is 0.707. The zero-order chi connectivity index (χ0) is 21.0. The minimum absolute atomic E-state index is 0.0342. The third-order valence-corrected chi connectivity index (χ3v) is 6.49. The highest BCUT2D eigenvalue weighted by molar-refractivity contribution is 7.89. The van der Waals surface area contributed by atoms with E-state index in [4.69, 9.17) is 4.74 Å². The first-order valence-corrected chi connectivity index (χ1v) is 10.6. The molecule has 2 aromatic rings. The molecule has 3 rings (SSSR count). The molecular formula is C20H23N3O5S. The van der Waals surface area contributed by atoms with Gasteiger partial charge in [-0.3, -0.25) is 9.59 Å². The molecule has 0 bridgehead atoms. The Morgan fingerprint density at radius 2 is 1.97 bits per heavy atom. The number of aryl methyl sites for hydroxylation is 1. The first kappa shape index (κ1) is 20.8. The van der Waals surface area contributed by atoms with Gasteiger partial charge < -0.3 is 15.4 Å². The largest absolute Gasteiger partial charge is 0.482 e. The maximum atomic E-state index is 12.9. The molecule has 0 aromatic heterocycles. The minimum Gasteiger partial charge on any atom is -0.482 e. The molecule has 0 radical (unpaired) electrons. The van der Waals surface area contributed by atoms with E-state index in [0.717, 1.165) is 9.87 Å². The highest BCUT2D eigenvalue weighted by Crippen LogP contribution is 2.33. The Balaban J connectivity index is 1.64. The van der Waals surface area contributed by atoms with Crippen LogP contribution in [0.3, 0.4) is 0 Å². The second-order valence-corrected chi connectivity index (χ2v) is 8.81. The molecule has 2 aromatic carbocycles. The van der Waals surface area contributed by atoms with Gasteiger partial charge in [0.25, 0.3) is 5.91 Å². The summed E-state index contributed by atoms with van der Waals surface area (Å²) in [5.41, 5.74) is 1.97. The van der Waals surface area contributed by atoms with Crippen molar-refractivity contribution in [3.63, 3.8) is 0 Å². The number of likely N-dealkylation sites (N-methyl/N-ethyl adjacent to an activating group) is 1. The number of anilines is 1. The minimum atomic E-state index is -3.91. The number of amides is 2. The lowest BCUT2D eigenvalue weighted by atomic mass is 10.1. The molecule has 1 heterocycles. The first-order chi connectivity index (χ1) is 13.8. The van der Waals surface area contributed by atoms with Crippen LogP contribution in [0, 0.1) is 6.92 Å². The van der Waals surface area contributed by atoms with Crippen molar-refractivity contribution in [2.75, 3.05) is 32.1 Å². The summed E-state index contributed by atoms with van der Waals surface area (Å²) in [5, 5.41) is 5.38. The monoisotopic (exact) mass is 417 g/mol. The molecule has 1 aliphatic rings. The van der Waals surface area contributed by atoms with Crippen LogP contribution in [0.2, 0.25) is 0 Å². The highest BCUT2D eigenvalue weighted by Gasteiger charge is 2.27. The molecule has 2 amide bonds. The van der Waals surface area contributed by atoms with E-state index < -0.39 is 10.0 Å². The molecule has 0 aliphatic carbocycles. The van der Waals surface area contributed by atoms with Crippen LogP contribution in [-0.2, 0) is 26.0 Å². The number of hydrogen-bond donors (Lipinski definition) is 2. The number of sulfonamides is 1. The lowest BCUT2D eigenvalue weighted by Gasteiger charge is -2.22. The van der Waals surface area contributed by atoms with E-state index in [-0.39, 0.29) is 35.6 Å². The molecular weight excluding hydrogens is 394 g/mol. The van der Waals surface area contributed by atoms with Gasteiger partial charge in [0.05, 0.1) is 17.1 Å². The van der Waals surface area contributed by atoms with Crippen molar-refractivity contribution in [3.8, 4) is 5.75 Å². The summed E-state index contributed by atoms with van der Waals surface area (Å²) < 4.78 is 32.2. The van der Waals surface area contributed by atoms with E-state index in [0.29, 0.717) is 24.2 Å². The van der Waals surface area contributed by atoms with E-state index in [1.54, 1.807) is 13.0 Å². The van der Waals surface area contributed by atoms with Crippen LogP contribution in [0.1, 0.15) is 11.1 Å². The van der Waals surface area contributed by atoms with Crippen LogP contribution < -0.4 is 15.4 Å². The Morgan fingerprint density at radius 1 is 1.24 bits per heavy atom. The molecule has 8 nitrogen and oxygen atoms in total. The van der Waals surface area contributed by atoms with Crippen molar-refractivity contribution in [1.29, 1.82) is 0 Å². The van der Waals surface area contributed by atoms with Crippen LogP contribution in [0.25, 0.3) is 0 Å². The zero-order valence-corrected chi connectivity index (χ0v) is 17.1. The number of ether oxygens (including phenoxy) is 1. The molecule has 9 heteroatoms. The summed E-state index contributed by atoms with van der Waals surface area (Å²) in [5.74, 6) is -0.391. The van der Waals surface area contributed by atoms with Gasteiger partial charge in [0.15, 0.2) is 6.61 Å². The second kappa shape index (κ2) is 8.62. The van der Waals surface area contributed by atoms with Crippen molar-refractivity contribution in [2.45, 2.75) is 18.2 Å². The van der Waals surface area contributed by atoms with E-state index in [9.17, 15) is 18.0 Å². The fourth-order valence-corrected chi connectivity index (χ4v) is 4.34. The molecule has 0 saturated carbocycles. The lowest BCUT2D eigenvalue weighted by Crippen LogP contribution is -2.39. The van der Waals surface area contributed by atoms with Crippen LogP contribution in [-0.4, -0.2) is 51.3 Å². The predicted molar refractivity (Wildman–Crippen MR) is 108 cm³/mol. The molecule has 2 N–H and O–H groups in total. The molecule has 0 spiro atoms. The summed E-state index contributed by atoms with van der Waals surface area (Å²) in [7, 11) is -2.55. The number of nitrogens with zero attached hydrogens (tertiary/aromatic N) is 1. The Bertz CT molecular complexity index is 1020. The van der Waals surface area contributed by atoms with Gasteiger partial charge in [-0.2, -0.15) is 4.31 Å². The van der Waals surface area contributed by atoms with Gasteiger partial charge in [0, 0.05) is 19.7 Å². The smallest absolute Gasteiger partial charge is 0.262 e. The third-order valence-electron chi connectivity index (χ3n) is 4.54. The summed E-state index contributed by atoms with van der Waals surface area (Å²) >= 11 is 0. The topological polar surface area (TPSA) is 105 Å². The standard InChI is InChI=1S/C20H23N3O5S/c1-14-10-16-17(28-13-20(25)22-16)11-18(14)29(26,27)23(2)12-19(24)21-9-8-15-6-4-3-5-7-15/h3-7,10-11H,8-9,12-13H2,1-2H3,(H,21,24)(H,22,25). The van der Waals surface area contributed by atoms with Gasteiger partial charge in [-0.15, -0.1) is 0 Å². The lowest BCUT2D eigenvalue weighted by molar-refractivity contribution is -0.121. The Morgan fingerprint density at radius 3 is 2.69 bits per heavy atom. The number of carbonyl (C=O) groups excluding carboxylic acids is 2. The Hall–Kier alpha value is -2.91. The van der Waals surface area contributed by atoms with E-state index in [1.807, 2.05) is 30.3 Å². The van der Waals surface area contributed by atoms with E-state index in [1.165, 1.54) is 13.1 Å².